The maximum absolute atomic E-state index is 12.3. The number of fused-ring (bicyclic) bond motifs is 1. The van der Waals surface area contributed by atoms with Crippen molar-refractivity contribution in [3.8, 4) is 0 Å². The summed E-state index contributed by atoms with van der Waals surface area (Å²) < 4.78 is 22.8. The first-order valence-electron chi connectivity index (χ1n) is 7.40. The third kappa shape index (κ3) is 4.69. The molecule has 0 aliphatic heterocycles. The highest BCUT2D eigenvalue weighted by Gasteiger charge is 2.17. The number of nitrogens with one attached hydrogen (secondary N) is 1. The number of carbonyl (C=O) groups excluding carboxylic acids is 1. The second-order valence-electron chi connectivity index (χ2n) is 5.34. The quantitative estimate of drug-likeness (QED) is 0.462. The Morgan fingerprint density at radius 3 is 2.48 bits per heavy atom. The predicted octanol–water partition coefficient (Wildman–Crippen LogP) is 3.31. The fraction of sp³-hybridized carbons (Fsp3) is 0.0625. The van der Waals surface area contributed by atoms with Gasteiger partial charge in [0.1, 0.15) is 11.4 Å². The Morgan fingerprint density at radius 1 is 1.15 bits per heavy atom. The summed E-state index contributed by atoms with van der Waals surface area (Å²) in [5, 5.41) is 9.07. The van der Waals surface area contributed by atoms with Gasteiger partial charge in [0, 0.05) is 5.39 Å². The molecule has 0 saturated carbocycles. The number of hydrogen-bond donors (Lipinski definition) is 2. The molecule has 0 atom stereocenters. The summed E-state index contributed by atoms with van der Waals surface area (Å²) in [7, 11) is -3.96. The predicted molar refractivity (Wildman–Crippen MR) is 107 cm³/mol. The number of halogens is 2. The molecule has 1 heterocycles. The first kappa shape index (κ1) is 19.8. The number of thioether (sulfide) groups is 1. The van der Waals surface area contributed by atoms with Crippen LogP contribution in [0.4, 0.5) is 5.69 Å². The highest BCUT2D eigenvalue weighted by Crippen LogP contribution is 2.33. The summed E-state index contributed by atoms with van der Waals surface area (Å²) in [5.41, 5.74) is 0.893. The van der Waals surface area contributed by atoms with Gasteiger partial charge in [0.25, 0.3) is 0 Å². The van der Waals surface area contributed by atoms with Crippen molar-refractivity contribution in [1.29, 1.82) is 0 Å². The number of amides is 1. The maximum Gasteiger partial charge on any atom is 0.238 e. The van der Waals surface area contributed by atoms with E-state index in [0.29, 0.717) is 5.03 Å². The Morgan fingerprint density at radius 2 is 1.81 bits per heavy atom. The zero-order valence-electron chi connectivity index (χ0n) is 13.5. The molecule has 3 N–H and O–H groups in total. The Hall–Kier alpha value is -1.91. The van der Waals surface area contributed by atoms with Gasteiger partial charge < -0.3 is 5.32 Å². The van der Waals surface area contributed by atoms with Crippen LogP contribution < -0.4 is 10.5 Å². The van der Waals surface area contributed by atoms with Gasteiger partial charge in [0.2, 0.25) is 15.9 Å². The van der Waals surface area contributed by atoms with Gasteiger partial charge in [-0.3, -0.25) is 4.79 Å². The molecular weight excluding hydrogens is 431 g/mol. The molecule has 11 heteroatoms. The number of aromatic nitrogens is 2. The van der Waals surface area contributed by atoms with Crippen LogP contribution in [-0.2, 0) is 14.8 Å². The summed E-state index contributed by atoms with van der Waals surface area (Å²) in [6.45, 7) is 0. The Balaban J connectivity index is 1.75. The maximum atomic E-state index is 12.3. The minimum Gasteiger partial charge on any atom is -0.323 e. The van der Waals surface area contributed by atoms with Crippen LogP contribution in [0.2, 0.25) is 10.0 Å². The molecule has 0 aliphatic carbocycles. The summed E-state index contributed by atoms with van der Waals surface area (Å²) in [6.07, 6.45) is 1.43. The molecule has 27 heavy (non-hydrogen) atoms. The number of primary sulfonamides is 1. The average molecular weight is 443 g/mol. The molecule has 0 saturated heterocycles. The van der Waals surface area contributed by atoms with E-state index in [2.05, 4.69) is 15.3 Å². The number of anilines is 1. The SMILES string of the molecule is NS(=O)(=O)c1cc(Cl)c(NC(=O)CSc2ncnc3ccccc23)c(Cl)c1. The molecule has 2 aromatic carbocycles. The molecular formula is C16H12Cl2N4O3S2. The summed E-state index contributed by atoms with van der Waals surface area (Å²) in [5.74, 6) is -0.334. The number of carbonyl (C=O) groups is 1. The van der Waals surface area contributed by atoms with E-state index in [1.807, 2.05) is 24.3 Å². The lowest BCUT2D eigenvalue weighted by Crippen LogP contribution is -2.16. The van der Waals surface area contributed by atoms with Crippen molar-refractivity contribution in [2.24, 2.45) is 5.14 Å². The lowest BCUT2D eigenvalue weighted by Gasteiger charge is -2.11. The fourth-order valence-electron chi connectivity index (χ4n) is 2.24. The topological polar surface area (TPSA) is 115 Å². The smallest absolute Gasteiger partial charge is 0.238 e. The number of benzene rings is 2. The molecule has 0 aliphatic rings. The van der Waals surface area contributed by atoms with E-state index in [9.17, 15) is 13.2 Å². The highest BCUT2D eigenvalue weighted by molar-refractivity contribution is 8.00. The van der Waals surface area contributed by atoms with Gasteiger partial charge >= 0.3 is 0 Å². The molecule has 3 rings (SSSR count). The van der Waals surface area contributed by atoms with Gasteiger partial charge in [-0.15, -0.1) is 0 Å². The van der Waals surface area contributed by atoms with Crippen molar-refractivity contribution < 1.29 is 13.2 Å². The first-order valence-corrected chi connectivity index (χ1v) is 10.7. The Kier molecular flexibility index (Phi) is 5.87. The minimum atomic E-state index is -3.96. The van der Waals surface area contributed by atoms with E-state index in [0.717, 1.165) is 23.0 Å². The van der Waals surface area contributed by atoms with Crippen LogP contribution in [0, 0.1) is 0 Å². The van der Waals surface area contributed by atoms with Gasteiger partial charge in [-0.05, 0) is 18.2 Å². The Bertz CT molecular complexity index is 1110. The molecule has 1 aromatic heterocycles. The van der Waals surface area contributed by atoms with Crippen molar-refractivity contribution in [2.75, 3.05) is 11.1 Å². The van der Waals surface area contributed by atoms with Crippen molar-refractivity contribution in [2.45, 2.75) is 9.92 Å². The van der Waals surface area contributed by atoms with Crippen LogP contribution in [0.3, 0.4) is 0 Å². The van der Waals surface area contributed by atoms with E-state index in [1.54, 1.807) is 0 Å². The van der Waals surface area contributed by atoms with Crippen LogP contribution in [0.5, 0.6) is 0 Å². The molecule has 0 fully saturated rings. The van der Waals surface area contributed by atoms with Crippen LogP contribution in [0.1, 0.15) is 0 Å². The second kappa shape index (κ2) is 7.99. The fourth-order valence-corrected chi connectivity index (χ4v) is 4.30. The molecule has 0 spiro atoms. The van der Waals surface area contributed by atoms with Gasteiger partial charge in [-0.2, -0.15) is 0 Å². The van der Waals surface area contributed by atoms with Gasteiger partial charge in [-0.1, -0.05) is 53.2 Å². The van der Waals surface area contributed by atoms with E-state index in [4.69, 9.17) is 28.3 Å². The number of nitrogens with two attached hydrogens (primary N) is 1. The molecule has 3 aromatic rings. The van der Waals surface area contributed by atoms with E-state index >= 15 is 0 Å². The molecule has 140 valence electrons. The van der Waals surface area contributed by atoms with E-state index < -0.39 is 10.0 Å². The largest absolute Gasteiger partial charge is 0.323 e. The van der Waals surface area contributed by atoms with E-state index in [-0.39, 0.29) is 32.3 Å². The normalized spacial score (nSPS) is 11.5. The highest BCUT2D eigenvalue weighted by atomic mass is 35.5. The zero-order chi connectivity index (χ0) is 19.6. The van der Waals surface area contributed by atoms with Gasteiger partial charge in [-0.25, -0.2) is 23.5 Å². The van der Waals surface area contributed by atoms with Crippen LogP contribution in [0.25, 0.3) is 10.9 Å². The summed E-state index contributed by atoms with van der Waals surface area (Å²) in [6, 6.07) is 9.71. The monoisotopic (exact) mass is 442 g/mol. The van der Waals surface area contributed by atoms with Crippen LogP contribution >= 0.6 is 35.0 Å². The Labute approximate surface area is 169 Å². The minimum absolute atomic E-state index is 0.0302. The van der Waals surface area contributed by atoms with Crippen LogP contribution in [0.15, 0.2) is 52.6 Å². The first-order chi connectivity index (χ1) is 12.8. The molecule has 0 unspecified atom stereocenters. The third-order valence-corrected chi connectivity index (χ3v) is 5.95. The van der Waals surface area contributed by atoms with Crippen molar-refractivity contribution in [3.05, 3.63) is 52.8 Å². The third-order valence-electron chi connectivity index (χ3n) is 3.45. The summed E-state index contributed by atoms with van der Waals surface area (Å²) in [4.78, 5) is 20.4. The molecule has 0 radical (unpaired) electrons. The molecule has 0 bridgehead atoms. The van der Waals surface area contributed by atoms with Crippen molar-refractivity contribution in [3.63, 3.8) is 0 Å². The second-order valence-corrected chi connectivity index (χ2v) is 8.68. The van der Waals surface area contributed by atoms with Gasteiger partial charge in [0.15, 0.2) is 0 Å². The zero-order valence-corrected chi connectivity index (χ0v) is 16.7. The lowest BCUT2D eigenvalue weighted by molar-refractivity contribution is -0.113. The number of rotatable bonds is 5. The summed E-state index contributed by atoms with van der Waals surface area (Å²) >= 11 is 13.3. The number of nitrogens with zero attached hydrogens (tertiary/aromatic N) is 2. The standard InChI is InChI=1S/C16H12Cl2N4O3S2/c17-11-5-9(27(19,24)25)6-12(18)15(11)22-14(23)7-26-16-10-3-1-2-4-13(10)20-8-21-16/h1-6,8H,7H2,(H,22,23)(H2,19,24,25). The molecule has 1 amide bonds. The van der Waals surface area contributed by atoms with Crippen molar-refractivity contribution >= 4 is 67.5 Å². The number of sulfonamides is 1. The molecule has 7 nitrogen and oxygen atoms in total. The number of para-hydroxylation sites is 1. The van der Waals surface area contributed by atoms with Crippen LogP contribution in [-0.4, -0.2) is 30.0 Å². The van der Waals surface area contributed by atoms with Gasteiger partial charge in [0.05, 0.1) is 31.9 Å². The average Bonchev–Trinajstić information content (AvgIpc) is 2.62. The lowest BCUT2D eigenvalue weighted by atomic mass is 10.2. The van der Waals surface area contributed by atoms with Crippen molar-refractivity contribution in [1.82, 2.24) is 9.97 Å². The number of hydrogen-bond acceptors (Lipinski definition) is 6. The van der Waals surface area contributed by atoms with E-state index in [1.165, 1.54) is 18.1 Å².